The minimum atomic E-state index is -0.797. The summed E-state index contributed by atoms with van der Waals surface area (Å²) in [4.78, 5) is 4.31. The summed E-state index contributed by atoms with van der Waals surface area (Å²) in [6.45, 7) is 1.32. The maximum Gasteiger partial charge on any atom is 0.239 e. The number of pyridine rings is 1. The molecule has 3 N–H and O–H groups in total. The fraction of sp³-hybridized carbons (Fsp3) is 0.583. The lowest BCUT2D eigenvalue weighted by Crippen LogP contribution is -2.12. The molecular weight excluding hydrogens is 250 g/mol. The van der Waals surface area contributed by atoms with Crippen molar-refractivity contribution in [3.63, 3.8) is 0 Å². The Morgan fingerprint density at radius 1 is 1.56 bits per heavy atom. The van der Waals surface area contributed by atoms with Crippen LogP contribution in [0.15, 0.2) is 12.1 Å². The molecule has 1 atom stereocenters. The van der Waals surface area contributed by atoms with Crippen LogP contribution in [0.2, 0.25) is 0 Å². The fourth-order valence-electron chi connectivity index (χ4n) is 1.47. The molecule has 0 aromatic carbocycles. The molecule has 1 unspecified atom stereocenters. The van der Waals surface area contributed by atoms with Gasteiger partial charge in [0.1, 0.15) is 5.82 Å². The standard InChI is InChI=1S/C12H19N3O2S/c1-18(16)7-6-14-11-5-4-10(13)12(15-11)17-8-9-2-3-9/h4-5,9H,2-3,6-8,13H2,1H3,(H,14,15). The van der Waals surface area contributed by atoms with Crippen LogP contribution in [0.25, 0.3) is 0 Å². The number of nitrogen functional groups attached to an aromatic ring is 1. The quantitative estimate of drug-likeness (QED) is 0.779. The summed E-state index contributed by atoms with van der Waals surface area (Å²) >= 11 is 0. The van der Waals surface area contributed by atoms with Crippen molar-refractivity contribution in [2.45, 2.75) is 12.8 Å². The van der Waals surface area contributed by atoms with Crippen molar-refractivity contribution >= 4 is 22.3 Å². The first-order valence-corrected chi connectivity index (χ1v) is 7.81. The van der Waals surface area contributed by atoms with Crippen LogP contribution in [0.3, 0.4) is 0 Å². The molecule has 1 aliphatic carbocycles. The highest BCUT2D eigenvalue weighted by Gasteiger charge is 2.22. The normalized spacial score (nSPS) is 16.3. The number of hydrogen-bond donors (Lipinski definition) is 2. The van der Waals surface area contributed by atoms with E-state index < -0.39 is 10.8 Å². The van der Waals surface area contributed by atoms with Gasteiger partial charge in [0, 0.05) is 29.4 Å². The van der Waals surface area contributed by atoms with E-state index in [-0.39, 0.29) is 0 Å². The van der Waals surface area contributed by atoms with Crippen molar-refractivity contribution in [3.05, 3.63) is 12.1 Å². The number of rotatable bonds is 7. The van der Waals surface area contributed by atoms with E-state index in [9.17, 15) is 4.21 Å². The predicted molar refractivity (Wildman–Crippen MR) is 74.3 cm³/mol. The van der Waals surface area contributed by atoms with E-state index >= 15 is 0 Å². The van der Waals surface area contributed by atoms with Crippen LogP contribution in [0, 0.1) is 5.92 Å². The second-order valence-electron chi connectivity index (χ2n) is 4.55. The zero-order chi connectivity index (χ0) is 13.0. The molecule has 1 aromatic rings. The molecule has 1 aliphatic rings. The lowest BCUT2D eigenvalue weighted by molar-refractivity contribution is 0.290. The van der Waals surface area contributed by atoms with Crippen LogP contribution in [-0.2, 0) is 10.8 Å². The van der Waals surface area contributed by atoms with Crippen molar-refractivity contribution in [1.82, 2.24) is 4.98 Å². The van der Waals surface area contributed by atoms with E-state index in [0.29, 0.717) is 42.2 Å². The van der Waals surface area contributed by atoms with Crippen LogP contribution in [-0.4, -0.2) is 34.4 Å². The van der Waals surface area contributed by atoms with Gasteiger partial charge in [-0.15, -0.1) is 0 Å². The molecule has 6 heteroatoms. The molecule has 0 radical (unpaired) electrons. The van der Waals surface area contributed by atoms with E-state index in [1.165, 1.54) is 12.8 Å². The molecule has 100 valence electrons. The molecule has 0 bridgehead atoms. The van der Waals surface area contributed by atoms with Crippen molar-refractivity contribution in [2.24, 2.45) is 5.92 Å². The molecule has 5 nitrogen and oxygen atoms in total. The highest BCUT2D eigenvalue weighted by molar-refractivity contribution is 7.84. The maximum absolute atomic E-state index is 10.9. The highest BCUT2D eigenvalue weighted by Crippen LogP contribution is 2.30. The number of aromatic nitrogens is 1. The third kappa shape index (κ3) is 4.18. The van der Waals surface area contributed by atoms with Crippen molar-refractivity contribution < 1.29 is 8.95 Å². The molecule has 0 spiro atoms. The van der Waals surface area contributed by atoms with Gasteiger partial charge in [0.15, 0.2) is 0 Å². The third-order valence-electron chi connectivity index (χ3n) is 2.74. The largest absolute Gasteiger partial charge is 0.476 e. The summed E-state index contributed by atoms with van der Waals surface area (Å²) in [6, 6.07) is 3.58. The van der Waals surface area contributed by atoms with E-state index in [2.05, 4.69) is 10.3 Å². The fourth-order valence-corrected chi connectivity index (χ4v) is 1.86. The van der Waals surface area contributed by atoms with E-state index in [0.717, 1.165) is 0 Å². The van der Waals surface area contributed by atoms with Crippen molar-refractivity contribution in [2.75, 3.05) is 36.2 Å². The predicted octanol–water partition coefficient (Wildman–Crippen LogP) is 1.24. The van der Waals surface area contributed by atoms with Gasteiger partial charge in [-0.05, 0) is 30.9 Å². The molecule has 0 amide bonds. The molecule has 2 rings (SSSR count). The topological polar surface area (TPSA) is 77.2 Å². The Morgan fingerprint density at radius 3 is 3.00 bits per heavy atom. The van der Waals surface area contributed by atoms with Gasteiger partial charge in [0.05, 0.1) is 12.3 Å². The van der Waals surface area contributed by atoms with Gasteiger partial charge in [0.25, 0.3) is 0 Å². The smallest absolute Gasteiger partial charge is 0.239 e. The summed E-state index contributed by atoms with van der Waals surface area (Å²) in [5.41, 5.74) is 6.36. The second kappa shape index (κ2) is 6.04. The lowest BCUT2D eigenvalue weighted by Gasteiger charge is -2.10. The first kappa shape index (κ1) is 13.1. The van der Waals surface area contributed by atoms with Gasteiger partial charge < -0.3 is 15.8 Å². The number of hydrogen-bond acceptors (Lipinski definition) is 5. The molecule has 0 saturated heterocycles. The monoisotopic (exact) mass is 269 g/mol. The van der Waals surface area contributed by atoms with Gasteiger partial charge in [-0.3, -0.25) is 4.21 Å². The second-order valence-corrected chi connectivity index (χ2v) is 6.10. The SMILES string of the molecule is CS(=O)CCNc1ccc(N)c(OCC2CC2)n1. The number of ether oxygens (including phenoxy) is 1. The van der Waals surface area contributed by atoms with Gasteiger partial charge in [-0.1, -0.05) is 0 Å². The Labute approximate surface area is 110 Å². The number of nitrogens with zero attached hydrogens (tertiary/aromatic N) is 1. The molecule has 18 heavy (non-hydrogen) atoms. The Hall–Kier alpha value is -1.30. The summed E-state index contributed by atoms with van der Waals surface area (Å²) in [5, 5.41) is 3.11. The summed E-state index contributed by atoms with van der Waals surface area (Å²) < 4.78 is 16.5. The van der Waals surface area contributed by atoms with Crippen LogP contribution >= 0.6 is 0 Å². The number of nitrogens with two attached hydrogens (primary N) is 1. The minimum Gasteiger partial charge on any atom is -0.476 e. The Kier molecular flexibility index (Phi) is 4.41. The molecule has 1 fully saturated rings. The Balaban J connectivity index is 1.89. The molecule has 1 heterocycles. The van der Waals surface area contributed by atoms with Gasteiger partial charge >= 0.3 is 0 Å². The highest BCUT2D eigenvalue weighted by atomic mass is 32.2. The van der Waals surface area contributed by atoms with Crippen molar-refractivity contribution in [3.8, 4) is 5.88 Å². The third-order valence-corrected chi connectivity index (χ3v) is 3.52. The first-order chi connectivity index (χ1) is 8.65. The van der Waals surface area contributed by atoms with Crippen LogP contribution in [0.4, 0.5) is 11.5 Å². The van der Waals surface area contributed by atoms with Crippen molar-refractivity contribution in [1.29, 1.82) is 0 Å². The summed E-state index contributed by atoms with van der Waals surface area (Å²) in [7, 11) is -0.797. The van der Waals surface area contributed by atoms with Gasteiger partial charge in [-0.25, -0.2) is 0 Å². The molecule has 1 saturated carbocycles. The lowest BCUT2D eigenvalue weighted by atomic mass is 10.4. The van der Waals surface area contributed by atoms with Gasteiger partial charge in [0.2, 0.25) is 5.88 Å². The minimum absolute atomic E-state index is 0.490. The number of anilines is 2. The summed E-state index contributed by atoms with van der Waals surface area (Å²) in [6.07, 6.45) is 4.16. The van der Waals surface area contributed by atoms with Crippen LogP contribution < -0.4 is 15.8 Å². The average Bonchev–Trinajstić information content (AvgIpc) is 3.13. The van der Waals surface area contributed by atoms with Crippen LogP contribution in [0.5, 0.6) is 5.88 Å². The van der Waals surface area contributed by atoms with E-state index in [1.54, 1.807) is 18.4 Å². The summed E-state index contributed by atoms with van der Waals surface area (Å²) in [5.74, 6) is 2.47. The Morgan fingerprint density at radius 2 is 2.33 bits per heavy atom. The molecule has 1 aromatic heterocycles. The zero-order valence-electron chi connectivity index (χ0n) is 10.5. The zero-order valence-corrected chi connectivity index (χ0v) is 11.3. The average molecular weight is 269 g/mol. The van der Waals surface area contributed by atoms with Gasteiger partial charge in [-0.2, -0.15) is 4.98 Å². The molecule has 0 aliphatic heterocycles. The van der Waals surface area contributed by atoms with E-state index in [4.69, 9.17) is 10.5 Å². The maximum atomic E-state index is 10.9. The van der Waals surface area contributed by atoms with E-state index in [1.807, 2.05) is 0 Å². The Bertz CT molecular complexity index is 435. The number of nitrogens with one attached hydrogen (secondary N) is 1. The molecular formula is C12H19N3O2S. The first-order valence-electron chi connectivity index (χ1n) is 6.08. The van der Waals surface area contributed by atoms with Crippen LogP contribution in [0.1, 0.15) is 12.8 Å².